The molecule has 1 atom stereocenters. The van der Waals surface area contributed by atoms with Crippen LogP contribution < -0.4 is 0 Å². The molecule has 1 aromatic rings. The van der Waals surface area contributed by atoms with Gasteiger partial charge in [0, 0.05) is 19.5 Å². The number of benzene rings is 1. The molecule has 0 radical (unpaired) electrons. The largest absolute Gasteiger partial charge is 0.481 e. The Labute approximate surface area is 126 Å². The predicted molar refractivity (Wildman–Crippen MR) is 79.0 cm³/mol. The number of aliphatic carboxylic acids is 1. The van der Waals surface area contributed by atoms with Crippen LogP contribution in [0.25, 0.3) is 0 Å². The number of carbonyl (C=O) groups is 1. The van der Waals surface area contributed by atoms with Crippen LogP contribution in [0.5, 0.6) is 0 Å². The van der Waals surface area contributed by atoms with E-state index in [4.69, 9.17) is 5.11 Å². The second kappa shape index (κ2) is 7.18. The van der Waals surface area contributed by atoms with Crippen molar-refractivity contribution in [2.45, 2.75) is 32.2 Å². The van der Waals surface area contributed by atoms with Gasteiger partial charge in [-0.05, 0) is 59.3 Å². The minimum absolute atomic E-state index is 0.234. The zero-order chi connectivity index (χ0) is 14.5. The zero-order valence-electron chi connectivity index (χ0n) is 11.3. The number of piperidine rings is 1. The van der Waals surface area contributed by atoms with Crippen LogP contribution in [0.15, 0.2) is 22.7 Å². The Kier molecular flexibility index (Phi) is 5.54. The molecule has 0 saturated carbocycles. The van der Waals surface area contributed by atoms with Gasteiger partial charge in [-0.1, -0.05) is 12.1 Å². The molecule has 1 aromatic carbocycles. The molecule has 1 fully saturated rings. The van der Waals surface area contributed by atoms with Gasteiger partial charge in [0.05, 0.1) is 4.47 Å². The molecular formula is C15H19BrFNO2. The number of carboxylic acids is 1. The summed E-state index contributed by atoms with van der Waals surface area (Å²) in [4.78, 5) is 12.9. The molecule has 1 saturated heterocycles. The third-order valence-electron chi connectivity index (χ3n) is 3.80. The van der Waals surface area contributed by atoms with Crippen molar-refractivity contribution < 1.29 is 14.3 Å². The molecule has 0 aliphatic carbocycles. The van der Waals surface area contributed by atoms with Crippen molar-refractivity contribution in [3.63, 3.8) is 0 Å². The molecule has 0 bridgehead atoms. The predicted octanol–water partition coefficient (Wildman–Crippen LogP) is 3.67. The zero-order valence-corrected chi connectivity index (χ0v) is 12.9. The van der Waals surface area contributed by atoms with Crippen molar-refractivity contribution in [2.24, 2.45) is 5.92 Å². The van der Waals surface area contributed by atoms with Crippen molar-refractivity contribution in [2.75, 3.05) is 13.1 Å². The fourth-order valence-corrected chi connectivity index (χ4v) is 3.16. The Balaban J connectivity index is 1.92. The van der Waals surface area contributed by atoms with E-state index in [0.29, 0.717) is 16.9 Å². The third kappa shape index (κ3) is 4.28. The van der Waals surface area contributed by atoms with Gasteiger partial charge in [0.15, 0.2) is 0 Å². The Hall–Kier alpha value is -0.940. The molecule has 0 aromatic heterocycles. The summed E-state index contributed by atoms with van der Waals surface area (Å²) in [6.45, 7) is 2.60. The summed E-state index contributed by atoms with van der Waals surface area (Å²) in [5.74, 6) is -0.524. The first-order valence-corrected chi connectivity index (χ1v) is 7.72. The first-order valence-electron chi connectivity index (χ1n) is 6.93. The number of rotatable bonds is 5. The standard InChI is InChI=1S/C15H19BrFNO2/c16-15-12(4-1-5-13(15)17)10-18-8-2-3-11(9-18)6-7-14(19)20/h1,4-5,11H,2-3,6-10H2,(H,19,20). The van der Waals surface area contributed by atoms with Crippen molar-refractivity contribution in [3.8, 4) is 0 Å². The summed E-state index contributed by atoms with van der Waals surface area (Å²) in [5, 5.41) is 8.75. The van der Waals surface area contributed by atoms with E-state index in [0.717, 1.165) is 37.9 Å². The summed E-state index contributed by atoms with van der Waals surface area (Å²) < 4.78 is 14.0. The minimum atomic E-state index is -0.727. The van der Waals surface area contributed by atoms with E-state index in [1.807, 2.05) is 6.07 Å². The lowest BCUT2D eigenvalue weighted by atomic mass is 9.93. The number of hydrogen-bond donors (Lipinski definition) is 1. The van der Waals surface area contributed by atoms with Gasteiger partial charge in [-0.2, -0.15) is 0 Å². The Bertz CT molecular complexity index is 481. The second-order valence-corrected chi connectivity index (χ2v) is 6.18. The van der Waals surface area contributed by atoms with Crippen LogP contribution in [0.2, 0.25) is 0 Å². The lowest BCUT2D eigenvalue weighted by Crippen LogP contribution is -2.35. The van der Waals surface area contributed by atoms with Gasteiger partial charge in [0.1, 0.15) is 5.82 Å². The van der Waals surface area contributed by atoms with E-state index in [9.17, 15) is 9.18 Å². The van der Waals surface area contributed by atoms with Gasteiger partial charge in [-0.25, -0.2) is 4.39 Å². The molecule has 1 unspecified atom stereocenters. The van der Waals surface area contributed by atoms with Crippen LogP contribution in [-0.4, -0.2) is 29.1 Å². The monoisotopic (exact) mass is 343 g/mol. The highest BCUT2D eigenvalue weighted by Gasteiger charge is 2.21. The molecule has 110 valence electrons. The summed E-state index contributed by atoms with van der Waals surface area (Å²) in [5.41, 5.74) is 0.948. The maximum Gasteiger partial charge on any atom is 0.303 e. The van der Waals surface area contributed by atoms with Crippen LogP contribution in [-0.2, 0) is 11.3 Å². The quantitative estimate of drug-likeness (QED) is 0.886. The van der Waals surface area contributed by atoms with Gasteiger partial charge in [0.2, 0.25) is 0 Å². The summed E-state index contributed by atoms with van der Waals surface area (Å²) in [7, 11) is 0. The van der Waals surface area contributed by atoms with E-state index < -0.39 is 5.97 Å². The Morgan fingerprint density at radius 2 is 2.30 bits per heavy atom. The second-order valence-electron chi connectivity index (χ2n) is 5.39. The van der Waals surface area contributed by atoms with Crippen LogP contribution in [0.1, 0.15) is 31.2 Å². The van der Waals surface area contributed by atoms with Crippen molar-refractivity contribution in [1.82, 2.24) is 4.90 Å². The summed E-state index contributed by atoms with van der Waals surface area (Å²) in [6, 6.07) is 5.09. The molecule has 0 amide bonds. The van der Waals surface area contributed by atoms with Crippen LogP contribution in [0.3, 0.4) is 0 Å². The lowest BCUT2D eigenvalue weighted by molar-refractivity contribution is -0.137. The minimum Gasteiger partial charge on any atom is -0.481 e. The molecule has 1 aliphatic rings. The van der Waals surface area contributed by atoms with Gasteiger partial charge in [-0.3, -0.25) is 9.69 Å². The fraction of sp³-hybridized carbons (Fsp3) is 0.533. The summed E-state index contributed by atoms with van der Waals surface area (Å²) >= 11 is 3.29. The summed E-state index contributed by atoms with van der Waals surface area (Å²) in [6.07, 6.45) is 3.14. The fourth-order valence-electron chi connectivity index (χ4n) is 2.77. The first kappa shape index (κ1) is 15.4. The molecule has 1 aliphatic heterocycles. The molecule has 1 N–H and O–H groups in total. The van der Waals surface area contributed by atoms with Crippen molar-refractivity contribution in [3.05, 3.63) is 34.1 Å². The van der Waals surface area contributed by atoms with E-state index in [2.05, 4.69) is 20.8 Å². The SMILES string of the molecule is O=C(O)CCC1CCCN(Cc2cccc(F)c2Br)C1. The molecule has 1 heterocycles. The number of hydrogen-bond acceptors (Lipinski definition) is 2. The average molecular weight is 344 g/mol. The molecular weight excluding hydrogens is 325 g/mol. The average Bonchev–Trinajstić information content (AvgIpc) is 2.42. The Morgan fingerprint density at radius 1 is 1.50 bits per heavy atom. The smallest absolute Gasteiger partial charge is 0.303 e. The van der Waals surface area contributed by atoms with Gasteiger partial charge in [-0.15, -0.1) is 0 Å². The number of likely N-dealkylation sites (tertiary alicyclic amines) is 1. The number of halogens is 2. The Morgan fingerprint density at radius 3 is 3.05 bits per heavy atom. The van der Waals surface area contributed by atoms with Crippen LogP contribution in [0, 0.1) is 11.7 Å². The molecule has 0 spiro atoms. The first-order chi connectivity index (χ1) is 9.56. The third-order valence-corrected chi connectivity index (χ3v) is 4.68. The van der Waals surface area contributed by atoms with Crippen LogP contribution >= 0.6 is 15.9 Å². The van der Waals surface area contributed by atoms with Gasteiger partial charge in [0.25, 0.3) is 0 Å². The molecule has 3 nitrogen and oxygen atoms in total. The topological polar surface area (TPSA) is 40.5 Å². The highest BCUT2D eigenvalue weighted by Crippen LogP contribution is 2.26. The number of carboxylic acid groups (broad SMARTS) is 1. The van der Waals surface area contributed by atoms with E-state index in [1.54, 1.807) is 6.07 Å². The van der Waals surface area contributed by atoms with Gasteiger partial charge < -0.3 is 5.11 Å². The van der Waals surface area contributed by atoms with Crippen LogP contribution in [0.4, 0.5) is 4.39 Å². The molecule has 20 heavy (non-hydrogen) atoms. The maximum absolute atomic E-state index is 13.5. The lowest BCUT2D eigenvalue weighted by Gasteiger charge is -2.32. The van der Waals surface area contributed by atoms with E-state index in [1.165, 1.54) is 6.07 Å². The normalized spacial score (nSPS) is 20.0. The molecule has 5 heteroatoms. The van der Waals surface area contributed by atoms with E-state index >= 15 is 0 Å². The van der Waals surface area contributed by atoms with Gasteiger partial charge >= 0.3 is 5.97 Å². The van der Waals surface area contributed by atoms with E-state index in [-0.39, 0.29) is 12.2 Å². The molecule has 2 rings (SSSR count). The maximum atomic E-state index is 13.5. The number of nitrogens with zero attached hydrogens (tertiary/aromatic N) is 1. The highest BCUT2D eigenvalue weighted by atomic mass is 79.9. The highest BCUT2D eigenvalue weighted by molar-refractivity contribution is 9.10. The van der Waals surface area contributed by atoms with Crippen molar-refractivity contribution in [1.29, 1.82) is 0 Å². The van der Waals surface area contributed by atoms with Crippen molar-refractivity contribution >= 4 is 21.9 Å².